The molecule has 39 heavy (non-hydrogen) atoms. The molecule has 5 rings (SSSR count). The van der Waals surface area contributed by atoms with E-state index >= 15 is 0 Å². The molecule has 0 saturated carbocycles. The van der Waals surface area contributed by atoms with Gasteiger partial charge in [0.15, 0.2) is 0 Å². The molecule has 2 N–H and O–H groups in total. The van der Waals surface area contributed by atoms with Gasteiger partial charge in [0, 0.05) is 23.7 Å². The van der Waals surface area contributed by atoms with Crippen molar-refractivity contribution in [3.8, 4) is 28.3 Å². The highest BCUT2D eigenvalue weighted by molar-refractivity contribution is 7.81. The summed E-state index contributed by atoms with van der Waals surface area (Å²) in [5.41, 5.74) is 3.07. The van der Waals surface area contributed by atoms with Gasteiger partial charge in [0.05, 0.1) is 22.6 Å². The molecule has 0 spiro atoms. The number of anilines is 3. The Bertz CT molecular complexity index is 1670. The summed E-state index contributed by atoms with van der Waals surface area (Å²) in [6, 6.07) is 23.2. The van der Waals surface area contributed by atoms with E-state index in [0.29, 0.717) is 17.3 Å². The van der Waals surface area contributed by atoms with E-state index < -0.39 is 23.0 Å². The monoisotopic (exact) mass is 543 g/mol. The van der Waals surface area contributed by atoms with Crippen molar-refractivity contribution in [2.75, 3.05) is 9.62 Å². The minimum absolute atomic E-state index is 0.107. The summed E-state index contributed by atoms with van der Waals surface area (Å²) in [4.78, 5) is 17.3. The molecule has 1 heterocycles. The molecule has 5 aromatic rings. The fourth-order valence-electron chi connectivity index (χ4n) is 3.99. The van der Waals surface area contributed by atoms with Crippen LogP contribution in [-0.4, -0.2) is 29.9 Å². The van der Waals surface area contributed by atoms with Crippen molar-refractivity contribution in [2.45, 2.75) is 6.92 Å². The zero-order valence-electron chi connectivity index (χ0n) is 20.4. The van der Waals surface area contributed by atoms with E-state index in [1.807, 2.05) is 24.3 Å². The van der Waals surface area contributed by atoms with Crippen LogP contribution in [0.3, 0.4) is 0 Å². The minimum Gasteiger partial charge on any atom is -0.755 e. The molecule has 9 nitrogen and oxygen atoms in total. The number of halogens is 1. The first-order valence-electron chi connectivity index (χ1n) is 11.6. The average Bonchev–Trinajstić information content (AvgIpc) is 3.37. The van der Waals surface area contributed by atoms with Crippen LogP contribution in [0.15, 0.2) is 95.5 Å². The molecule has 196 valence electrons. The third kappa shape index (κ3) is 5.54. The van der Waals surface area contributed by atoms with Crippen LogP contribution >= 0.6 is 0 Å². The van der Waals surface area contributed by atoms with E-state index in [-0.39, 0.29) is 22.8 Å². The van der Waals surface area contributed by atoms with E-state index in [4.69, 9.17) is 4.52 Å². The number of hydrogen-bond acceptors (Lipinski definition) is 7. The molecular weight excluding hydrogens is 523 g/mol. The molecule has 4 aromatic carbocycles. The van der Waals surface area contributed by atoms with E-state index in [9.17, 15) is 23.1 Å². The van der Waals surface area contributed by atoms with Crippen molar-refractivity contribution in [1.29, 1.82) is 0 Å². The van der Waals surface area contributed by atoms with Crippen LogP contribution < -0.4 is 9.62 Å². The maximum atomic E-state index is 13.3. The number of phenols is 1. The van der Waals surface area contributed by atoms with Crippen molar-refractivity contribution in [1.82, 2.24) is 10.1 Å². The van der Waals surface area contributed by atoms with Crippen LogP contribution in [0.4, 0.5) is 21.5 Å². The second-order valence-corrected chi connectivity index (χ2v) is 9.20. The third-order valence-corrected chi connectivity index (χ3v) is 6.52. The zero-order valence-corrected chi connectivity index (χ0v) is 21.2. The molecule has 0 fully saturated rings. The highest BCUT2D eigenvalue weighted by Gasteiger charge is 2.17. The Kier molecular flexibility index (Phi) is 7.17. The Labute approximate surface area is 225 Å². The number of amides is 1. The quantitative estimate of drug-likeness (QED) is 0.198. The lowest BCUT2D eigenvalue weighted by Gasteiger charge is -2.27. The fourth-order valence-corrected chi connectivity index (χ4v) is 4.59. The number of aromatic nitrogens is 2. The Morgan fingerprint density at radius 2 is 1.69 bits per heavy atom. The van der Waals surface area contributed by atoms with Gasteiger partial charge in [-0.1, -0.05) is 41.6 Å². The first-order chi connectivity index (χ1) is 18.8. The van der Waals surface area contributed by atoms with Gasteiger partial charge in [-0.2, -0.15) is 4.98 Å². The summed E-state index contributed by atoms with van der Waals surface area (Å²) in [6.45, 7) is 1.71. The van der Waals surface area contributed by atoms with Crippen LogP contribution in [-0.2, 0) is 11.3 Å². The summed E-state index contributed by atoms with van der Waals surface area (Å²) in [7, 11) is 0. The van der Waals surface area contributed by atoms with Gasteiger partial charge in [-0.15, -0.1) is 0 Å². The van der Waals surface area contributed by atoms with E-state index in [1.54, 1.807) is 31.2 Å². The molecule has 1 amide bonds. The van der Waals surface area contributed by atoms with Crippen LogP contribution in [0.5, 0.6) is 5.75 Å². The number of nitrogens with one attached hydrogen (secondary N) is 1. The number of hydrogen-bond donors (Lipinski definition) is 2. The molecular formula is C28H20FN4O5S-. The number of rotatable bonds is 7. The third-order valence-electron chi connectivity index (χ3n) is 5.82. The van der Waals surface area contributed by atoms with Crippen LogP contribution in [0.25, 0.3) is 22.5 Å². The molecule has 0 aliphatic rings. The maximum absolute atomic E-state index is 13.3. The molecule has 0 radical (unpaired) electrons. The van der Waals surface area contributed by atoms with Crippen LogP contribution in [0.1, 0.15) is 16.2 Å². The van der Waals surface area contributed by atoms with E-state index in [0.717, 1.165) is 33.1 Å². The summed E-state index contributed by atoms with van der Waals surface area (Å²) < 4.78 is 43.2. The van der Waals surface area contributed by atoms with Gasteiger partial charge in [-0.3, -0.25) is 13.3 Å². The Balaban J connectivity index is 1.38. The molecule has 0 saturated heterocycles. The van der Waals surface area contributed by atoms with Crippen LogP contribution in [0.2, 0.25) is 0 Å². The highest BCUT2D eigenvalue weighted by atomic mass is 32.2. The summed E-state index contributed by atoms with van der Waals surface area (Å²) in [6.07, 6.45) is 0. The number of benzene rings is 4. The highest BCUT2D eigenvalue weighted by Crippen LogP contribution is 2.36. The van der Waals surface area contributed by atoms with Crippen molar-refractivity contribution >= 4 is 34.2 Å². The molecule has 1 aromatic heterocycles. The normalized spacial score (nSPS) is 11.7. The van der Waals surface area contributed by atoms with E-state index in [1.165, 1.54) is 30.3 Å². The second-order valence-electron chi connectivity index (χ2n) is 8.41. The van der Waals surface area contributed by atoms with Gasteiger partial charge in [0.1, 0.15) is 11.6 Å². The van der Waals surface area contributed by atoms with Gasteiger partial charge in [-0.25, -0.2) is 4.39 Å². The zero-order chi connectivity index (χ0) is 27.5. The molecule has 1 atom stereocenters. The first-order valence-corrected chi connectivity index (χ1v) is 12.6. The summed E-state index contributed by atoms with van der Waals surface area (Å²) in [5, 5.41) is 17.1. The lowest BCUT2D eigenvalue weighted by molar-refractivity contribution is 0.102. The summed E-state index contributed by atoms with van der Waals surface area (Å²) in [5.74, 6) is -0.425. The minimum atomic E-state index is -2.84. The molecule has 0 aliphatic heterocycles. The van der Waals surface area contributed by atoms with Gasteiger partial charge in [0.2, 0.25) is 11.7 Å². The number of nitrogens with zero attached hydrogens (tertiary/aromatic N) is 3. The van der Waals surface area contributed by atoms with Gasteiger partial charge >= 0.3 is 0 Å². The summed E-state index contributed by atoms with van der Waals surface area (Å²) >= 11 is -2.84. The Morgan fingerprint density at radius 3 is 2.33 bits per heavy atom. The van der Waals surface area contributed by atoms with Crippen molar-refractivity contribution in [2.24, 2.45) is 0 Å². The smallest absolute Gasteiger partial charge is 0.255 e. The lowest BCUT2D eigenvalue weighted by atomic mass is 9.98. The first kappa shape index (κ1) is 25.8. The largest absolute Gasteiger partial charge is 0.755 e. The number of carbonyl (C=O) groups is 1. The fraction of sp³-hybridized carbons (Fsp3) is 0.0357. The average molecular weight is 544 g/mol. The lowest BCUT2D eigenvalue weighted by Crippen LogP contribution is -2.20. The van der Waals surface area contributed by atoms with Crippen LogP contribution in [0, 0.1) is 12.7 Å². The van der Waals surface area contributed by atoms with Crippen molar-refractivity contribution in [3.63, 3.8) is 0 Å². The topological polar surface area (TPSA) is 132 Å². The standard InChI is InChI=1S/C28H21FN4O5S/c1-17-30-27(32-38-17)24-5-3-2-4-23(24)18-6-8-19(9-7-18)28(35)31-21-12-15-26(34)25(16-21)33(39(36)37)22-13-10-20(29)11-14-22/h2-16,34H,1H3,(H,31,35)(H,36,37)/p-1. The maximum Gasteiger partial charge on any atom is 0.255 e. The van der Waals surface area contributed by atoms with Gasteiger partial charge in [-0.05, 0) is 65.7 Å². The van der Waals surface area contributed by atoms with Crippen molar-refractivity contribution in [3.05, 3.63) is 108 Å². The molecule has 0 aliphatic carbocycles. The Hall–Kier alpha value is -4.87. The number of carbonyl (C=O) groups excluding carboxylic acids is 1. The Morgan fingerprint density at radius 1 is 1.00 bits per heavy atom. The predicted octanol–water partition coefficient (Wildman–Crippen LogP) is 5.74. The number of phenolic OH excluding ortho intramolecular Hbond substituents is 1. The van der Waals surface area contributed by atoms with Gasteiger partial charge in [0.25, 0.3) is 5.91 Å². The van der Waals surface area contributed by atoms with Gasteiger partial charge < -0.3 is 19.5 Å². The number of aryl methyl sites for hydroxylation is 1. The van der Waals surface area contributed by atoms with E-state index in [2.05, 4.69) is 15.5 Å². The predicted molar refractivity (Wildman–Crippen MR) is 143 cm³/mol. The van der Waals surface area contributed by atoms with Crippen molar-refractivity contribution < 1.29 is 27.6 Å². The molecule has 0 bridgehead atoms. The SMILES string of the molecule is Cc1nc(-c2ccccc2-c2ccc(C(=O)Nc3ccc(O)c(N(c4ccc(F)cc4)S(=O)[O-])c3)cc2)no1. The molecule has 1 unspecified atom stereocenters. The molecule has 11 heteroatoms. The number of aromatic hydroxyl groups is 1. The second kappa shape index (κ2) is 10.9.